The van der Waals surface area contributed by atoms with E-state index in [9.17, 15) is 8.42 Å². The number of para-hydroxylation sites is 1. The van der Waals surface area contributed by atoms with Crippen molar-refractivity contribution in [3.8, 4) is 28.7 Å². The molecule has 0 saturated carbocycles. The minimum Gasteiger partial charge on any atom is -0.494 e. The van der Waals surface area contributed by atoms with Gasteiger partial charge in [-0.2, -0.15) is 5.10 Å². The smallest absolute Gasteiger partial charge is 0.189 e. The van der Waals surface area contributed by atoms with Crippen molar-refractivity contribution in [1.82, 2.24) is 29.5 Å². The van der Waals surface area contributed by atoms with E-state index in [0.717, 1.165) is 0 Å². The average molecular weight is 547 g/mol. The number of halogens is 1. The molecule has 0 aliphatic rings. The third-order valence-electron chi connectivity index (χ3n) is 5.92. The zero-order valence-corrected chi connectivity index (χ0v) is 22.6. The van der Waals surface area contributed by atoms with Crippen molar-refractivity contribution in [2.75, 3.05) is 21.3 Å². The summed E-state index contributed by atoms with van der Waals surface area (Å²) >= 11 is 5.95. The van der Waals surface area contributed by atoms with Crippen molar-refractivity contribution in [3.63, 3.8) is 0 Å². The molecule has 3 aromatic heterocycles. The Kier molecular flexibility index (Phi) is 7.81. The van der Waals surface area contributed by atoms with Crippen molar-refractivity contribution in [3.05, 3.63) is 65.3 Å². The predicted octanol–water partition coefficient (Wildman–Crippen LogP) is 3.42. The lowest BCUT2D eigenvalue weighted by molar-refractivity contribution is 0.0987. The molecule has 0 saturated heterocycles. The van der Waals surface area contributed by atoms with E-state index in [4.69, 9.17) is 25.8 Å². The maximum atomic E-state index is 13.7. The first-order valence-electron chi connectivity index (χ1n) is 11.2. The first-order valence-corrected chi connectivity index (χ1v) is 13.3. The fourth-order valence-corrected chi connectivity index (χ4v) is 5.55. The molecular weight excluding hydrogens is 520 g/mol. The van der Waals surface area contributed by atoms with Crippen LogP contribution in [0.25, 0.3) is 17.2 Å². The molecule has 0 radical (unpaired) electrons. The van der Waals surface area contributed by atoms with Gasteiger partial charge in [0.1, 0.15) is 34.7 Å². The Morgan fingerprint density at radius 3 is 2.27 bits per heavy atom. The van der Waals surface area contributed by atoms with Crippen LogP contribution >= 0.6 is 11.6 Å². The number of aryl methyl sites for hydroxylation is 1. The van der Waals surface area contributed by atoms with Gasteiger partial charge in [0.05, 0.1) is 30.2 Å². The first kappa shape index (κ1) is 26.6. The minimum atomic E-state index is -3.84. The van der Waals surface area contributed by atoms with E-state index >= 15 is 0 Å². The highest BCUT2D eigenvalue weighted by molar-refractivity contribution is 7.91. The van der Waals surface area contributed by atoms with Crippen molar-refractivity contribution in [2.24, 2.45) is 7.05 Å². The highest BCUT2D eigenvalue weighted by Gasteiger charge is 2.34. The van der Waals surface area contributed by atoms with Crippen LogP contribution in [-0.4, -0.2) is 64.5 Å². The molecule has 1 aromatic carbocycles. The van der Waals surface area contributed by atoms with Gasteiger partial charge in [-0.15, -0.1) is 10.2 Å². The number of rotatable bonds is 10. The molecule has 0 spiro atoms. The number of sulfone groups is 1. The Bertz CT molecular complexity index is 1460. The maximum Gasteiger partial charge on any atom is 0.189 e. The lowest BCUT2D eigenvalue weighted by Crippen LogP contribution is -2.29. The predicted molar refractivity (Wildman–Crippen MR) is 138 cm³/mol. The number of aromatic nitrogens is 6. The van der Waals surface area contributed by atoms with Crippen LogP contribution < -0.4 is 9.47 Å². The summed E-state index contributed by atoms with van der Waals surface area (Å²) in [6.45, 7) is 1.57. The van der Waals surface area contributed by atoms with Crippen molar-refractivity contribution in [1.29, 1.82) is 0 Å². The molecular formula is C24H27ClN6O5S. The number of hydrogen-bond acceptors (Lipinski definition) is 9. The summed E-state index contributed by atoms with van der Waals surface area (Å²) in [5.41, 5.74) is 1.41. The summed E-state index contributed by atoms with van der Waals surface area (Å²) in [4.78, 5) is 4.25. The molecule has 0 unspecified atom stereocenters. The summed E-state index contributed by atoms with van der Waals surface area (Å²) in [5.74, 6) is 0.951. The second-order valence-electron chi connectivity index (χ2n) is 8.23. The number of pyridine rings is 1. The highest BCUT2D eigenvalue weighted by atomic mass is 35.5. The standard InChI is InChI=1S/C24H27ClN6O5S/c1-15(23(36-5)17-10-9-16(25)13-26-17)37(32,33)14-21-27-28-24(18-11-12-30(2)29-18)31(21)22-19(34-3)7-6-8-20(22)35-4/h6-13,15,23H,14H2,1-5H3/t15-,23-/m1/s1. The molecule has 11 nitrogen and oxygen atoms in total. The summed E-state index contributed by atoms with van der Waals surface area (Å²) in [6, 6.07) is 10.3. The Morgan fingerprint density at radius 2 is 1.73 bits per heavy atom. The highest BCUT2D eigenvalue weighted by Crippen LogP contribution is 2.37. The molecule has 3 heterocycles. The molecule has 4 aromatic rings. The van der Waals surface area contributed by atoms with Crippen molar-refractivity contribution in [2.45, 2.75) is 24.0 Å². The number of benzene rings is 1. The fraction of sp³-hybridized carbons (Fsp3) is 0.333. The molecule has 2 atom stereocenters. The molecule has 0 amide bonds. The van der Waals surface area contributed by atoms with Gasteiger partial charge in [-0.1, -0.05) is 17.7 Å². The van der Waals surface area contributed by atoms with Crippen LogP contribution in [0.3, 0.4) is 0 Å². The molecule has 0 N–H and O–H groups in total. The lowest BCUT2D eigenvalue weighted by atomic mass is 10.2. The van der Waals surface area contributed by atoms with Crippen LogP contribution in [0.2, 0.25) is 5.02 Å². The second-order valence-corrected chi connectivity index (χ2v) is 11.0. The largest absolute Gasteiger partial charge is 0.494 e. The van der Waals surface area contributed by atoms with Crippen LogP contribution in [0.5, 0.6) is 11.5 Å². The Morgan fingerprint density at radius 1 is 1.03 bits per heavy atom. The van der Waals surface area contributed by atoms with E-state index in [2.05, 4.69) is 20.3 Å². The monoisotopic (exact) mass is 546 g/mol. The van der Waals surface area contributed by atoms with Gasteiger partial charge in [-0.05, 0) is 37.3 Å². The third kappa shape index (κ3) is 5.31. The van der Waals surface area contributed by atoms with Crippen LogP contribution in [0, 0.1) is 0 Å². The van der Waals surface area contributed by atoms with Crippen LogP contribution in [0.15, 0.2) is 48.8 Å². The summed E-state index contributed by atoms with van der Waals surface area (Å²) < 4.78 is 47.3. The maximum absolute atomic E-state index is 13.7. The van der Waals surface area contributed by atoms with E-state index in [1.165, 1.54) is 27.5 Å². The van der Waals surface area contributed by atoms with Gasteiger partial charge in [0.15, 0.2) is 21.5 Å². The van der Waals surface area contributed by atoms with Gasteiger partial charge < -0.3 is 14.2 Å². The summed E-state index contributed by atoms with van der Waals surface area (Å²) in [6.07, 6.45) is 2.38. The minimum absolute atomic E-state index is 0.161. The van der Waals surface area contributed by atoms with Gasteiger partial charge in [-0.25, -0.2) is 8.42 Å². The summed E-state index contributed by atoms with van der Waals surface area (Å²) in [7, 11) is 2.40. The lowest BCUT2D eigenvalue weighted by Gasteiger charge is -2.23. The molecule has 0 fully saturated rings. The van der Waals surface area contributed by atoms with Crippen LogP contribution in [0.1, 0.15) is 24.5 Å². The Hall–Kier alpha value is -3.48. The van der Waals surface area contributed by atoms with E-state index in [0.29, 0.717) is 39.4 Å². The number of hydrogen-bond donors (Lipinski definition) is 0. The second kappa shape index (κ2) is 10.9. The molecule has 0 aliphatic carbocycles. The molecule has 196 valence electrons. The quantitative estimate of drug-likeness (QED) is 0.294. The molecule has 0 bridgehead atoms. The van der Waals surface area contributed by atoms with Crippen molar-refractivity contribution >= 4 is 21.4 Å². The zero-order valence-electron chi connectivity index (χ0n) is 21.0. The molecule has 0 aliphatic heterocycles. The van der Waals surface area contributed by atoms with E-state index in [1.54, 1.807) is 65.8 Å². The van der Waals surface area contributed by atoms with E-state index < -0.39 is 26.9 Å². The number of ether oxygens (including phenoxy) is 3. The zero-order chi connectivity index (χ0) is 26.7. The van der Waals surface area contributed by atoms with Crippen LogP contribution in [0.4, 0.5) is 0 Å². The fourth-order valence-electron chi connectivity index (χ4n) is 4.01. The first-order chi connectivity index (χ1) is 17.7. The van der Waals surface area contributed by atoms with E-state index in [-0.39, 0.29) is 5.82 Å². The number of nitrogens with zero attached hydrogens (tertiary/aromatic N) is 6. The molecule has 4 rings (SSSR count). The van der Waals surface area contributed by atoms with E-state index in [1.807, 2.05) is 0 Å². The number of methoxy groups -OCH3 is 3. The third-order valence-corrected chi connectivity index (χ3v) is 8.18. The van der Waals surface area contributed by atoms with Gasteiger partial charge in [-0.3, -0.25) is 14.2 Å². The van der Waals surface area contributed by atoms with Crippen LogP contribution in [-0.2, 0) is 27.4 Å². The Balaban J connectivity index is 1.82. The topological polar surface area (TPSA) is 123 Å². The molecule has 13 heteroatoms. The average Bonchev–Trinajstić information content (AvgIpc) is 3.50. The van der Waals surface area contributed by atoms with Gasteiger partial charge in [0, 0.05) is 26.6 Å². The SMILES string of the molecule is COc1cccc(OC)c1-n1c(CS(=O)(=O)[C@H](C)[C@@H](OC)c2ccc(Cl)cn2)nnc1-c1ccn(C)n1. The van der Waals surface area contributed by atoms with Crippen molar-refractivity contribution < 1.29 is 22.6 Å². The van der Waals surface area contributed by atoms with Gasteiger partial charge >= 0.3 is 0 Å². The van der Waals surface area contributed by atoms with Gasteiger partial charge in [0.25, 0.3) is 0 Å². The Labute approximate surface area is 219 Å². The normalized spacial score (nSPS) is 13.4. The van der Waals surface area contributed by atoms with Gasteiger partial charge in [0.2, 0.25) is 0 Å². The molecule has 37 heavy (non-hydrogen) atoms. The summed E-state index contributed by atoms with van der Waals surface area (Å²) in [5, 5.41) is 12.5.